The molecule has 12 aromatic rings. The lowest BCUT2D eigenvalue weighted by Crippen LogP contribution is -2.09. The number of anilines is 3. The van der Waals surface area contributed by atoms with Crippen LogP contribution in [0.3, 0.4) is 0 Å². The highest BCUT2D eigenvalue weighted by Gasteiger charge is 2.24. The lowest BCUT2D eigenvalue weighted by Gasteiger charge is -2.25. The second kappa shape index (κ2) is 13.1. The lowest BCUT2D eigenvalue weighted by molar-refractivity contribution is 1.18. The van der Waals surface area contributed by atoms with E-state index in [1.165, 1.54) is 74.9 Å². The summed E-state index contributed by atoms with van der Waals surface area (Å²) in [5.41, 5.74) is 12.9. The normalized spacial score (nSPS) is 11.8. The number of para-hydroxylation sites is 4. The van der Waals surface area contributed by atoms with Gasteiger partial charge >= 0.3 is 0 Å². The minimum Gasteiger partial charge on any atom is -0.311 e. The third-order valence-electron chi connectivity index (χ3n) is 11.7. The Labute approximate surface area is 339 Å². The van der Waals surface area contributed by atoms with Gasteiger partial charge in [-0.2, -0.15) is 0 Å². The maximum Gasteiger partial charge on any atom is 0.0641 e. The number of hydrogen-bond donors (Lipinski definition) is 0. The zero-order valence-corrected chi connectivity index (χ0v) is 32.3. The van der Waals surface area contributed by atoms with Crippen molar-refractivity contribution in [3.63, 3.8) is 0 Å². The van der Waals surface area contributed by atoms with E-state index < -0.39 is 0 Å². The number of thiophene rings is 1. The molecule has 0 aliphatic heterocycles. The monoisotopic (exact) mass is 757 g/mol. The summed E-state index contributed by atoms with van der Waals surface area (Å²) in [4.78, 5) is 2.31. The van der Waals surface area contributed by atoms with E-state index >= 15 is 0 Å². The molecule has 12 rings (SSSR count). The smallest absolute Gasteiger partial charge is 0.0641 e. The molecular weight excluding hydrogens is 723 g/mol. The van der Waals surface area contributed by atoms with Crippen molar-refractivity contribution in [1.29, 1.82) is 0 Å². The van der Waals surface area contributed by atoms with Crippen molar-refractivity contribution in [2.45, 2.75) is 0 Å². The number of aromatic nitrogens is 2. The summed E-state index contributed by atoms with van der Waals surface area (Å²) in [5.74, 6) is 0. The van der Waals surface area contributed by atoms with Crippen LogP contribution in [-0.2, 0) is 0 Å². The molecule has 9 aromatic carbocycles. The van der Waals surface area contributed by atoms with Crippen LogP contribution in [0.15, 0.2) is 212 Å². The fourth-order valence-electron chi connectivity index (χ4n) is 9.18. The van der Waals surface area contributed by atoms with Gasteiger partial charge < -0.3 is 14.0 Å². The Morgan fingerprint density at radius 3 is 1.52 bits per heavy atom. The first-order valence-corrected chi connectivity index (χ1v) is 20.6. The minimum absolute atomic E-state index is 1.12. The first kappa shape index (κ1) is 32.8. The third-order valence-corrected chi connectivity index (χ3v) is 12.8. The average molecular weight is 758 g/mol. The molecule has 3 nitrogen and oxygen atoms in total. The average Bonchev–Trinajstić information content (AvgIpc) is 3.95. The first-order valence-electron chi connectivity index (χ1n) is 19.8. The molecule has 3 heterocycles. The summed E-state index contributed by atoms with van der Waals surface area (Å²) in [6.45, 7) is 0. The topological polar surface area (TPSA) is 13.1 Å². The summed E-state index contributed by atoms with van der Waals surface area (Å²) in [6.07, 6.45) is 0. The molecule has 0 fully saturated rings. The van der Waals surface area contributed by atoms with Crippen LogP contribution >= 0.6 is 11.3 Å². The summed E-state index contributed by atoms with van der Waals surface area (Å²) >= 11 is 1.88. The van der Waals surface area contributed by atoms with Gasteiger partial charge in [-0.3, -0.25) is 0 Å². The zero-order valence-electron chi connectivity index (χ0n) is 31.5. The van der Waals surface area contributed by atoms with Crippen molar-refractivity contribution in [3.8, 4) is 22.5 Å². The molecule has 0 saturated heterocycles. The van der Waals surface area contributed by atoms with E-state index in [1.807, 2.05) is 11.3 Å². The van der Waals surface area contributed by atoms with Crippen LogP contribution in [0.1, 0.15) is 0 Å². The summed E-state index contributed by atoms with van der Waals surface area (Å²) in [7, 11) is 0. The zero-order chi connectivity index (χ0) is 38.2. The standard InChI is InChI=1S/C54H35N3S/c1-5-15-38(16-6-1)55(39-17-7-2-8-18-39)42-28-25-36(26-29-42)37-27-32-47-46(35-37)43-30-33-48-51(53(43)56(47)40-19-9-3-10-20-40)45-31-34-50-52(44-23-13-14-24-49(44)58-50)54(45)57(48)41-21-11-4-12-22-41/h1-35H. The van der Waals surface area contributed by atoms with Gasteiger partial charge in [-0.15, -0.1) is 11.3 Å². The Hall–Kier alpha value is -7.40. The maximum absolute atomic E-state index is 2.50. The SMILES string of the molecule is c1ccc(N(c2ccccc2)c2ccc(-c3ccc4c(c3)c3ccc5c(c6ccc7sc8ccccc8c7c6n5-c5ccccc5)c3n4-c3ccccc3)cc2)cc1. The Bertz CT molecular complexity index is 3430. The Kier molecular flexibility index (Phi) is 7.40. The molecule has 0 aliphatic carbocycles. The van der Waals surface area contributed by atoms with Crippen LogP contribution in [0.25, 0.3) is 86.3 Å². The highest BCUT2D eigenvalue weighted by atomic mass is 32.1. The number of benzene rings is 9. The predicted molar refractivity (Wildman–Crippen MR) is 248 cm³/mol. The lowest BCUT2D eigenvalue weighted by atomic mass is 10.0. The molecule has 0 amide bonds. The molecule has 0 saturated carbocycles. The quantitative estimate of drug-likeness (QED) is 0.165. The van der Waals surface area contributed by atoms with Crippen molar-refractivity contribution < 1.29 is 0 Å². The van der Waals surface area contributed by atoms with E-state index in [2.05, 4.69) is 226 Å². The van der Waals surface area contributed by atoms with Gasteiger partial charge in [0.15, 0.2) is 0 Å². The van der Waals surface area contributed by atoms with Gasteiger partial charge in [0.2, 0.25) is 0 Å². The first-order chi connectivity index (χ1) is 28.8. The van der Waals surface area contributed by atoms with E-state index in [1.54, 1.807) is 0 Å². The van der Waals surface area contributed by atoms with Gasteiger partial charge in [-0.1, -0.05) is 121 Å². The molecule has 58 heavy (non-hydrogen) atoms. The van der Waals surface area contributed by atoms with Gasteiger partial charge in [-0.25, -0.2) is 0 Å². The molecule has 0 bridgehead atoms. The molecule has 0 atom stereocenters. The fourth-order valence-corrected chi connectivity index (χ4v) is 10.3. The van der Waals surface area contributed by atoms with Crippen molar-refractivity contribution in [2.75, 3.05) is 4.90 Å². The molecule has 0 unspecified atom stereocenters. The van der Waals surface area contributed by atoms with E-state index in [0.29, 0.717) is 0 Å². The number of nitrogens with zero attached hydrogens (tertiary/aromatic N) is 3. The van der Waals surface area contributed by atoms with Crippen molar-refractivity contribution >= 4 is 92.2 Å². The van der Waals surface area contributed by atoms with Gasteiger partial charge in [0.1, 0.15) is 0 Å². The number of hydrogen-bond acceptors (Lipinski definition) is 2. The Balaban J connectivity index is 1.11. The fraction of sp³-hybridized carbons (Fsp3) is 0. The van der Waals surface area contributed by atoms with E-state index in [-0.39, 0.29) is 0 Å². The molecule has 0 spiro atoms. The van der Waals surface area contributed by atoms with Crippen LogP contribution < -0.4 is 4.90 Å². The minimum atomic E-state index is 1.12. The Morgan fingerprint density at radius 2 is 0.845 bits per heavy atom. The van der Waals surface area contributed by atoms with Crippen LogP contribution in [0.5, 0.6) is 0 Å². The second-order valence-corrected chi connectivity index (χ2v) is 16.0. The van der Waals surface area contributed by atoms with Crippen LogP contribution in [0.4, 0.5) is 17.1 Å². The van der Waals surface area contributed by atoms with Crippen LogP contribution in [-0.4, -0.2) is 9.13 Å². The van der Waals surface area contributed by atoms with Gasteiger partial charge in [0, 0.05) is 70.2 Å². The van der Waals surface area contributed by atoms with Gasteiger partial charge in [0.05, 0.1) is 22.1 Å². The van der Waals surface area contributed by atoms with Crippen molar-refractivity contribution in [1.82, 2.24) is 9.13 Å². The van der Waals surface area contributed by atoms with E-state index in [9.17, 15) is 0 Å². The van der Waals surface area contributed by atoms with Crippen molar-refractivity contribution in [3.05, 3.63) is 212 Å². The number of fused-ring (bicyclic) bond motifs is 11. The van der Waals surface area contributed by atoms with Crippen molar-refractivity contribution in [2.24, 2.45) is 0 Å². The largest absolute Gasteiger partial charge is 0.311 e. The van der Waals surface area contributed by atoms with E-state index in [4.69, 9.17) is 0 Å². The highest BCUT2D eigenvalue weighted by molar-refractivity contribution is 7.26. The molecule has 4 heteroatoms. The molecule has 0 N–H and O–H groups in total. The van der Waals surface area contributed by atoms with E-state index in [0.717, 1.165) is 28.4 Å². The second-order valence-electron chi connectivity index (χ2n) is 14.9. The highest BCUT2D eigenvalue weighted by Crippen LogP contribution is 2.47. The van der Waals surface area contributed by atoms with Gasteiger partial charge in [-0.05, 0) is 102 Å². The predicted octanol–water partition coefficient (Wildman–Crippen LogP) is 15.4. The van der Waals surface area contributed by atoms with Gasteiger partial charge in [0.25, 0.3) is 0 Å². The summed E-state index contributed by atoms with van der Waals surface area (Å²) in [5, 5.41) is 7.63. The number of rotatable bonds is 6. The third kappa shape index (κ3) is 4.99. The molecule has 3 aromatic heterocycles. The molecule has 272 valence electrons. The van der Waals surface area contributed by atoms with Crippen LogP contribution in [0, 0.1) is 0 Å². The Morgan fingerprint density at radius 1 is 0.328 bits per heavy atom. The summed E-state index contributed by atoms with van der Waals surface area (Å²) in [6, 6.07) is 77.1. The summed E-state index contributed by atoms with van der Waals surface area (Å²) < 4.78 is 7.61. The molecular formula is C54H35N3S. The van der Waals surface area contributed by atoms with Crippen LogP contribution in [0.2, 0.25) is 0 Å². The molecule has 0 aliphatic rings. The maximum atomic E-state index is 2.50. The molecule has 0 radical (unpaired) electrons.